The van der Waals surface area contributed by atoms with Crippen molar-refractivity contribution in [2.24, 2.45) is 16.6 Å². The van der Waals surface area contributed by atoms with Crippen LogP contribution in [-0.4, -0.2) is 63.6 Å². The molecule has 0 saturated carbocycles. The smallest absolute Gasteiger partial charge is 0.220 e. The molecule has 0 radical (unpaired) electrons. The van der Waals surface area contributed by atoms with Crippen molar-refractivity contribution in [2.75, 3.05) is 46.9 Å². The summed E-state index contributed by atoms with van der Waals surface area (Å²) in [4.78, 5) is 17.9. The van der Waals surface area contributed by atoms with Crippen LogP contribution < -0.4 is 21.1 Å². The van der Waals surface area contributed by atoms with Crippen LogP contribution in [0.2, 0.25) is 5.02 Å². The zero-order valence-corrected chi connectivity index (χ0v) is 18.3. The minimum atomic E-state index is -0.151. The summed E-state index contributed by atoms with van der Waals surface area (Å²) in [6, 6.07) is 5.75. The van der Waals surface area contributed by atoms with Crippen molar-refractivity contribution in [2.45, 2.75) is 32.1 Å². The van der Waals surface area contributed by atoms with Gasteiger partial charge in [-0.3, -0.25) is 9.79 Å². The standard InChI is InChI=1S/C21H34ClN5O2/c1-24-21(26-11-7-16-5-6-18(29-2)15-19(16)22)25-10-3-4-12-27-13-8-17(9-14-27)20(23)28/h5-6,15,17H,3-4,7-14H2,1-2H3,(H2,23,28)(H2,24,25,26). The summed E-state index contributed by atoms with van der Waals surface area (Å²) in [6.45, 7) is 4.63. The number of halogens is 1. The van der Waals surface area contributed by atoms with E-state index in [-0.39, 0.29) is 11.8 Å². The SMILES string of the molecule is CN=C(NCCCCN1CCC(C(N)=O)CC1)NCCc1ccc(OC)cc1Cl. The number of hydrogen-bond donors (Lipinski definition) is 3. The Bertz CT molecular complexity index is 675. The number of aliphatic imine (C=N–C) groups is 1. The summed E-state index contributed by atoms with van der Waals surface area (Å²) < 4.78 is 5.18. The van der Waals surface area contributed by atoms with Gasteiger partial charge in [0, 0.05) is 31.1 Å². The molecule has 2 rings (SSSR count). The molecule has 1 saturated heterocycles. The van der Waals surface area contributed by atoms with Gasteiger partial charge in [-0.15, -0.1) is 0 Å². The molecule has 1 fully saturated rings. The van der Waals surface area contributed by atoms with Crippen molar-refractivity contribution in [3.63, 3.8) is 0 Å². The van der Waals surface area contributed by atoms with Crippen LogP contribution in [0.3, 0.4) is 0 Å². The van der Waals surface area contributed by atoms with Crippen LogP contribution in [-0.2, 0) is 11.2 Å². The zero-order valence-electron chi connectivity index (χ0n) is 17.5. The minimum Gasteiger partial charge on any atom is -0.497 e. The zero-order chi connectivity index (χ0) is 21.1. The highest BCUT2D eigenvalue weighted by molar-refractivity contribution is 6.31. The van der Waals surface area contributed by atoms with Crippen molar-refractivity contribution in [3.8, 4) is 5.75 Å². The Morgan fingerprint density at radius 3 is 2.62 bits per heavy atom. The summed E-state index contributed by atoms with van der Waals surface area (Å²) in [5.41, 5.74) is 6.47. The van der Waals surface area contributed by atoms with Gasteiger partial charge in [-0.25, -0.2) is 0 Å². The van der Waals surface area contributed by atoms with E-state index < -0.39 is 0 Å². The van der Waals surface area contributed by atoms with Gasteiger partial charge in [-0.2, -0.15) is 0 Å². The van der Waals surface area contributed by atoms with E-state index in [1.165, 1.54) is 0 Å². The number of nitrogens with two attached hydrogens (primary N) is 1. The van der Waals surface area contributed by atoms with Gasteiger partial charge in [-0.1, -0.05) is 17.7 Å². The Morgan fingerprint density at radius 1 is 1.28 bits per heavy atom. The maximum atomic E-state index is 11.2. The number of carbonyl (C=O) groups is 1. The number of nitrogens with zero attached hydrogens (tertiary/aromatic N) is 2. The molecule has 0 aromatic heterocycles. The average Bonchev–Trinajstić information content (AvgIpc) is 2.73. The number of benzene rings is 1. The maximum absolute atomic E-state index is 11.2. The highest BCUT2D eigenvalue weighted by atomic mass is 35.5. The average molecular weight is 424 g/mol. The second-order valence-corrected chi connectivity index (χ2v) is 7.77. The van der Waals surface area contributed by atoms with Crippen LogP contribution in [0.5, 0.6) is 5.75 Å². The minimum absolute atomic E-state index is 0.0649. The summed E-state index contributed by atoms with van der Waals surface area (Å²) >= 11 is 6.28. The lowest BCUT2D eigenvalue weighted by Gasteiger charge is -2.30. The molecule has 0 spiro atoms. The molecular weight excluding hydrogens is 390 g/mol. The van der Waals surface area contributed by atoms with Crippen molar-refractivity contribution < 1.29 is 9.53 Å². The first kappa shape index (κ1) is 23.3. The predicted octanol–water partition coefficient (Wildman–Crippen LogP) is 2.03. The van der Waals surface area contributed by atoms with Gasteiger partial charge < -0.3 is 26.0 Å². The number of piperidine rings is 1. The molecule has 1 heterocycles. The van der Waals surface area contributed by atoms with Gasteiger partial charge in [0.25, 0.3) is 0 Å². The first-order chi connectivity index (χ1) is 14.0. The van der Waals surface area contributed by atoms with Crippen LogP contribution in [0.1, 0.15) is 31.2 Å². The molecule has 1 amide bonds. The van der Waals surface area contributed by atoms with Gasteiger partial charge in [0.15, 0.2) is 5.96 Å². The summed E-state index contributed by atoms with van der Waals surface area (Å²) in [7, 11) is 3.41. The number of primary amides is 1. The molecule has 4 N–H and O–H groups in total. The van der Waals surface area contributed by atoms with Crippen LogP contribution in [0.4, 0.5) is 0 Å². The third kappa shape index (κ3) is 8.11. The van der Waals surface area contributed by atoms with Crippen LogP contribution in [0, 0.1) is 5.92 Å². The van der Waals surface area contributed by atoms with Crippen molar-refractivity contribution in [1.29, 1.82) is 0 Å². The van der Waals surface area contributed by atoms with Crippen LogP contribution in [0.25, 0.3) is 0 Å². The maximum Gasteiger partial charge on any atom is 0.220 e. The molecule has 0 atom stereocenters. The van der Waals surface area contributed by atoms with Crippen LogP contribution in [0.15, 0.2) is 23.2 Å². The van der Waals surface area contributed by atoms with Gasteiger partial charge in [-0.05, 0) is 69.4 Å². The fourth-order valence-electron chi connectivity index (χ4n) is 3.50. The topological polar surface area (TPSA) is 92.0 Å². The van der Waals surface area contributed by atoms with E-state index in [0.29, 0.717) is 5.02 Å². The number of nitrogens with one attached hydrogen (secondary N) is 2. The molecule has 162 valence electrons. The van der Waals surface area contributed by atoms with E-state index in [0.717, 1.165) is 82.1 Å². The lowest BCUT2D eigenvalue weighted by atomic mass is 9.96. The van der Waals surface area contributed by atoms with E-state index in [9.17, 15) is 4.79 Å². The molecule has 29 heavy (non-hydrogen) atoms. The van der Waals surface area contributed by atoms with Crippen molar-refractivity contribution in [1.82, 2.24) is 15.5 Å². The lowest BCUT2D eigenvalue weighted by molar-refractivity contribution is -0.123. The highest BCUT2D eigenvalue weighted by Crippen LogP contribution is 2.22. The molecular formula is C21H34ClN5O2. The molecule has 0 aliphatic carbocycles. The third-order valence-electron chi connectivity index (χ3n) is 5.35. The number of carbonyl (C=O) groups excluding carboxylic acids is 1. The number of hydrogen-bond acceptors (Lipinski definition) is 4. The molecule has 7 nitrogen and oxygen atoms in total. The second-order valence-electron chi connectivity index (χ2n) is 7.36. The number of ether oxygens (including phenoxy) is 1. The molecule has 1 aromatic carbocycles. The molecule has 0 bridgehead atoms. The van der Waals surface area contributed by atoms with Gasteiger partial charge >= 0.3 is 0 Å². The van der Waals surface area contributed by atoms with E-state index in [2.05, 4.69) is 20.5 Å². The van der Waals surface area contributed by atoms with Gasteiger partial charge in [0.2, 0.25) is 5.91 Å². The highest BCUT2D eigenvalue weighted by Gasteiger charge is 2.22. The summed E-state index contributed by atoms with van der Waals surface area (Å²) in [5, 5.41) is 7.40. The fraction of sp³-hybridized carbons (Fsp3) is 0.619. The second kappa shape index (κ2) is 12.5. The molecule has 0 unspecified atom stereocenters. The number of guanidine groups is 1. The molecule has 1 aromatic rings. The Hall–Kier alpha value is -1.99. The first-order valence-corrected chi connectivity index (χ1v) is 10.7. The summed E-state index contributed by atoms with van der Waals surface area (Å²) in [6.07, 6.45) is 4.78. The number of likely N-dealkylation sites (tertiary alicyclic amines) is 1. The van der Waals surface area contributed by atoms with Crippen molar-refractivity contribution >= 4 is 23.5 Å². The fourth-order valence-corrected chi connectivity index (χ4v) is 3.77. The largest absolute Gasteiger partial charge is 0.497 e. The van der Waals surface area contributed by atoms with E-state index >= 15 is 0 Å². The molecule has 1 aliphatic heterocycles. The monoisotopic (exact) mass is 423 g/mol. The Morgan fingerprint density at radius 2 is 2.00 bits per heavy atom. The van der Waals surface area contributed by atoms with Gasteiger partial charge in [0.05, 0.1) is 7.11 Å². The number of methoxy groups -OCH3 is 1. The molecule has 1 aliphatic rings. The third-order valence-corrected chi connectivity index (χ3v) is 5.71. The normalized spacial score (nSPS) is 15.9. The Labute approximate surface area is 179 Å². The first-order valence-electron chi connectivity index (χ1n) is 10.3. The number of rotatable bonds is 10. The summed E-state index contributed by atoms with van der Waals surface area (Å²) in [5.74, 6) is 1.48. The van der Waals surface area contributed by atoms with E-state index in [4.69, 9.17) is 22.1 Å². The van der Waals surface area contributed by atoms with Gasteiger partial charge in [0.1, 0.15) is 5.75 Å². The molecule has 8 heteroatoms. The Kier molecular flexibility index (Phi) is 10.1. The quantitative estimate of drug-likeness (QED) is 0.304. The van der Waals surface area contributed by atoms with E-state index in [1.807, 2.05) is 18.2 Å². The van der Waals surface area contributed by atoms with E-state index in [1.54, 1.807) is 14.2 Å². The van der Waals surface area contributed by atoms with Crippen molar-refractivity contribution in [3.05, 3.63) is 28.8 Å². The lowest BCUT2D eigenvalue weighted by Crippen LogP contribution is -2.40. The predicted molar refractivity (Wildman–Crippen MR) is 119 cm³/mol. The Balaban J connectivity index is 1.57. The number of unbranched alkanes of at least 4 members (excludes halogenated alkanes) is 1. The number of amides is 1. The van der Waals surface area contributed by atoms with Crippen LogP contribution >= 0.6 is 11.6 Å².